The van der Waals surface area contributed by atoms with Crippen molar-refractivity contribution >= 4 is 27.6 Å². The standard InChI is InChI=1S/C27H25N3O6S/c1-30-26(19-8-7-17-10-21(28)15-35-24(17)13-19)29-25(27(30)31)18-6-4-5-16(9-18)20-11-22(34-2)14-23(12-20)36-37(3,32)33/h4-9,11-14,25,28H,10,15H2,1-3H3. The van der Waals surface area contributed by atoms with Crippen molar-refractivity contribution in [2.75, 3.05) is 27.0 Å². The van der Waals surface area contributed by atoms with Crippen LogP contribution >= 0.6 is 0 Å². The fourth-order valence-corrected chi connectivity index (χ4v) is 4.87. The molecule has 0 saturated carbocycles. The highest BCUT2D eigenvalue weighted by Crippen LogP contribution is 2.35. The lowest BCUT2D eigenvalue weighted by atomic mass is 9.99. The van der Waals surface area contributed by atoms with Crippen molar-refractivity contribution in [1.29, 1.82) is 5.41 Å². The lowest BCUT2D eigenvalue weighted by Crippen LogP contribution is -2.30. The highest BCUT2D eigenvalue weighted by molar-refractivity contribution is 7.86. The molecule has 0 saturated heterocycles. The smallest absolute Gasteiger partial charge is 0.306 e. The molecule has 0 fully saturated rings. The van der Waals surface area contributed by atoms with Crippen molar-refractivity contribution in [3.05, 3.63) is 77.4 Å². The number of rotatable bonds is 6. The van der Waals surface area contributed by atoms with Gasteiger partial charge in [-0.15, -0.1) is 0 Å². The minimum Gasteiger partial charge on any atom is -0.497 e. The molecular weight excluding hydrogens is 494 g/mol. The Morgan fingerprint density at radius 1 is 1.03 bits per heavy atom. The van der Waals surface area contributed by atoms with Gasteiger partial charge in [0.05, 0.1) is 19.1 Å². The Morgan fingerprint density at radius 2 is 1.81 bits per heavy atom. The van der Waals surface area contributed by atoms with Gasteiger partial charge in [0.25, 0.3) is 5.91 Å². The number of carbonyl (C=O) groups is 1. The Hall–Kier alpha value is -4.18. The molecule has 37 heavy (non-hydrogen) atoms. The maximum absolute atomic E-state index is 13.2. The molecule has 2 heterocycles. The predicted octanol–water partition coefficient (Wildman–Crippen LogP) is 3.62. The van der Waals surface area contributed by atoms with Gasteiger partial charge in [-0.25, -0.2) is 4.99 Å². The van der Waals surface area contributed by atoms with E-state index >= 15 is 0 Å². The molecule has 1 unspecified atom stereocenters. The predicted molar refractivity (Wildman–Crippen MR) is 139 cm³/mol. The number of methoxy groups -OCH3 is 1. The average Bonchev–Trinajstić information content (AvgIpc) is 3.16. The summed E-state index contributed by atoms with van der Waals surface area (Å²) < 4.78 is 39.4. The number of aliphatic imine (C=N–C) groups is 1. The third-order valence-corrected chi connectivity index (χ3v) is 6.66. The number of nitrogens with zero attached hydrogens (tertiary/aromatic N) is 2. The number of benzene rings is 3. The molecular formula is C27H25N3O6S. The summed E-state index contributed by atoms with van der Waals surface area (Å²) in [6, 6.07) is 17.2. The first-order valence-corrected chi connectivity index (χ1v) is 13.3. The summed E-state index contributed by atoms with van der Waals surface area (Å²) >= 11 is 0. The van der Waals surface area contributed by atoms with Crippen LogP contribution in [0.1, 0.15) is 22.7 Å². The number of nitrogens with one attached hydrogen (secondary N) is 1. The van der Waals surface area contributed by atoms with Crippen LogP contribution < -0.4 is 13.7 Å². The minimum atomic E-state index is -3.72. The molecule has 3 aromatic carbocycles. The molecule has 3 aromatic rings. The van der Waals surface area contributed by atoms with Crippen LogP contribution in [0.15, 0.2) is 65.7 Å². The van der Waals surface area contributed by atoms with Gasteiger partial charge >= 0.3 is 10.1 Å². The van der Waals surface area contributed by atoms with Crippen molar-refractivity contribution in [3.8, 4) is 28.4 Å². The SMILES string of the molecule is COc1cc(OS(C)(=O)=O)cc(-c2cccc(C3N=C(c4ccc5c(c4)OCC(=N)C5)N(C)C3=O)c2)c1. The zero-order valence-corrected chi connectivity index (χ0v) is 21.3. The average molecular weight is 520 g/mol. The molecule has 190 valence electrons. The number of carbonyl (C=O) groups excluding carboxylic acids is 1. The number of amides is 1. The van der Waals surface area contributed by atoms with Crippen LogP contribution in [0.25, 0.3) is 11.1 Å². The van der Waals surface area contributed by atoms with Crippen LogP contribution in [0.5, 0.6) is 17.2 Å². The van der Waals surface area contributed by atoms with E-state index < -0.39 is 16.2 Å². The van der Waals surface area contributed by atoms with Gasteiger partial charge in [-0.1, -0.05) is 30.3 Å². The fraction of sp³-hybridized carbons (Fsp3) is 0.222. The van der Waals surface area contributed by atoms with E-state index in [1.165, 1.54) is 18.1 Å². The Balaban J connectivity index is 1.49. The summed E-state index contributed by atoms with van der Waals surface area (Å²) in [6.07, 6.45) is 1.53. The van der Waals surface area contributed by atoms with E-state index in [4.69, 9.17) is 24.1 Å². The molecule has 0 bridgehead atoms. The van der Waals surface area contributed by atoms with Gasteiger partial charge in [0.1, 0.15) is 29.7 Å². The molecule has 10 heteroatoms. The molecule has 0 aliphatic carbocycles. The minimum absolute atomic E-state index is 0.129. The van der Waals surface area contributed by atoms with Gasteiger partial charge in [-0.2, -0.15) is 8.42 Å². The first-order valence-electron chi connectivity index (χ1n) is 11.5. The number of fused-ring (bicyclic) bond motifs is 1. The molecule has 1 N–H and O–H groups in total. The highest BCUT2D eigenvalue weighted by Gasteiger charge is 2.34. The fourth-order valence-electron chi connectivity index (χ4n) is 4.42. The van der Waals surface area contributed by atoms with E-state index in [2.05, 4.69) is 0 Å². The Kier molecular flexibility index (Phi) is 6.20. The van der Waals surface area contributed by atoms with Gasteiger partial charge in [0.15, 0.2) is 6.04 Å². The van der Waals surface area contributed by atoms with Gasteiger partial charge in [-0.3, -0.25) is 9.69 Å². The highest BCUT2D eigenvalue weighted by atomic mass is 32.2. The van der Waals surface area contributed by atoms with E-state index in [1.807, 2.05) is 42.5 Å². The van der Waals surface area contributed by atoms with Crippen LogP contribution in [-0.2, 0) is 21.3 Å². The number of hydrogen-bond acceptors (Lipinski definition) is 8. The third kappa shape index (κ3) is 5.05. The van der Waals surface area contributed by atoms with Crippen LogP contribution in [0.4, 0.5) is 0 Å². The van der Waals surface area contributed by atoms with Crippen LogP contribution in [0.2, 0.25) is 0 Å². The summed E-state index contributed by atoms with van der Waals surface area (Å²) in [6.45, 7) is 0.258. The molecule has 0 spiro atoms. The number of amidine groups is 1. The summed E-state index contributed by atoms with van der Waals surface area (Å²) in [4.78, 5) is 19.5. The number of likely N-dealkylation sites (N-methyl/N-ethyl adjacent to an activating group) is 1. The van der Waals surface area contributed by atoms with Gasteiger partial charge < -0.3 is 19.1 Å². The second-order valence-corrected chi connectivity index (χ2v) is 10.5. The maximum Gasteiger partial charge on any atom is 0.306 e. The van der Waals surface area contributed by atoms with Gasteiger partial charge in [-0.05, 0) is 46.5 Å². The first-order chi connectivity index (χ1) is 17.6. The lowest BCUT2D eigenvalue weighted by Gasteiger charge is -2.20. The van der Waals surface area contributed by atoms with Gasteiger partial charge in [0, 0.05) is 25.1 Å². The van der Waals surface area contributed by atoms with Crippen LogP contribution in [0, 0.1) is 5.41 Å². The van der Waals surface area contributed by atoms with E-state index in [0.29, 0.717) is 40.6 Å². The Labute approximate surface area is 214 Å². The monoisotopic (exact) mass is 519 g/mol. The topological polar surface area (TPSA) is 118 Å². The zero-order valence-electron chi connectivity index (χ0n) is 20.5. The molecule has 5 rings (SSSR count). The zero-order chi connectivity index (χ0) is 26.3. The molecule has 9 nitrogen and oxygen atoms in total. The third-order valence-electron chi connectivity index (χ3n) is 6.16. The number of hydrogen-bond donors (Lipinski definition) is 1. The largest absolute Gasteiger partial charge is 0.497 e. The first kappa shape index (κ1) is 24.5. The quantitative estimate of drug-likeness (QED) is 0.497. The van der Waals surface area contributed by atoms with Crippen molar-refractivity contribution in [2.45, 2.75) is 12.5 Å². The lowest BCUT2D eigenvalue weighted by molar-refractivity contribution is -0.126. The van der Waals surface area contributed by atoms with Crippen LogP contribution in [0.3, 0.4) is 0 Å². The second-order valence-electron chi connectivity index (χ2n) is 8.95. The molecule has 1 amide bonds. The van der Waals surface area contributed by atoms with Crippen molar-refractivity contribution < 1.29 is 26.9 Å². The molecule has 1 atom stereocenters. The Bertz CT molecular complexity index is 1560. The summed E-state index contributed by atoms with van der Waals surface area (Å²) in [5, 5.41) is 7.83. The molecule has 0 radical (unpaired) electrons. The van der Waals surface area contributed by atoms with Crippen molar-refractivity contribution in [2.24, 2.45) is 4.99 Å². The van der Waals surface area contributed by atoms with Gasteiger partial charge in [0.2, 0.25) is 0 Å². The van der Waals surface area contributed by atoms with E-state index in [0.717, 1.165) is 22.9 Å². The van der Waals surface area contributed by atoms with Crippen molar-refractivity contribution in [3.63, 3.8) is 0 Å². The molecule has 2 aliphatic rings. The second kappa shape index (κ2) is 9.36. The Morgan fingerprint density at radius 3 is 2.57 bits per heavy atom. The van der Waals surface area contributed by atoms with Crippen LogP contribution in [-0.4, -0.2) is 57.8 Å². The normalized spacial score (nSPS) is 17.2. The molecule has 0 aromatic heterocycles. The van der Waals surface area contributed by atoms with E-state index in [9.17, 15) is 13.2 Å². The van der Waals surface area contributed by atoms with E-state index in [1.54, 1.807) is 19.2 Å². The van der Waals surface area contributed by atoms with Crippen molar-refractivity contribution in [1.82, 2.24) is 4.90 Å². The summed E-state index contributed by atoms with van der Waals surface area (Å²) in [5.41, 5.74) is 4.34. The maximum atomic E-state index is 13.2. The number of ether oxygens (including phenoxy) is 2. The molecule has 2 aliphatic heterocycles. The summed E-state index contributed by atoms with van der Waals surface area (Å²) in [5.74, 6) is 1.64. The van der Waals surface area contributed by atoms with E-state index in [-0.39, 0.29) is 18.3 Å². The summed E-state index contributed by atoms with van der Waals surface area (Å²) in [7, 11) is -0.543.